The molecular formula is C21H20N4OS. The molecule has 0 radical (unpaired) electrons. The van der Waals surface area contributed by atoms with Crippen LogP contribution in [0.3, 0.4) is 0 Å². The van der Waals surface area contributed by atoms with Gasteiger partial charge in [-0.15, -0.1) is 16.4 Å². The molecule has 2 aromatic heterocycles. The van der Waals surface area contributed by atoms with Crippen LogP contribution in [0.1, 0.15) is 27.2 Å². The fourth-order valence-electron chi connectivity index (χ4n) is 2.91. The van der Waals surface area contributed by atoms with Gasteiger partial charge < -0.3 is 5.32 Å². The Hall–Kier alpha value is -2.99. The number of aromatic nitrogens is 3. The second kappa shape index (κ2) is 7.32. The van der Waals surface area contributed by atoms with Crippen LogP contribution in [0.2, 0.25) is 0 Å². The molecule has 2 aromatic carbocycles. The van der Waals surface area contributed by atoms with Crippen molar-refractivity contribution in [3.8, 4) is 11.4 Å². The van der Waals surface area contributed by atoms with E-state index in [-0.39, 0.29) is 5.91 Å². The number of fused-ring (bicyclic) bond motifs is 1. The number of benzene rings is 2. The number of aryl methyl sites for hydroxylation is 2. The first-order valence-electron chi connectivity index (χ1n) is 8.85. The molecule has 136 valence electrons. The third-order valence-electron chi connectivity index (χ3n) is 4.41. The summed E-state index contributed by atoms with van der Waals surface area (Å²) in [7, 11) is 0. The van der Waals surface area contributed by atoms with Crippen LogP contribution in [0.4, 0.5) is 0 Å². The van der Waals surface area contributed by atoms with Gasteiger partial charge in [-0.1, -0.05) is 41.5 Å². The summed E-state index contributed by atoms with van der Waals surface area (Å²) in [5, 5.41) is 9.67. The molecule has 0 aliphatic carbocycles. The van der Waals surface area contributed by atoms with Crippen molar-refractivity contribution in [2.75, 3.05) is 6.54 Å². The minimum Gasteiger partial charge on any atom is -0.352 e. The van der Waals surface area contributed by atoms with Gasteiger partial charge in [0.2, 0.25) is 4.96 Å². The summed E-state index contributed by atoms with van der Waals surface area (Å²) in [5.41, 5.74) is 5.07. The third kappa shape index (κ3) is 3.75. The van der Waals surface area contributed by atoms with E-state index in [0.717, 1.165) is 27.6 Å². The average Bonchev–Trinajstić information content (AvgIpc) is 3.24. The van der Waals surface area contributed by atoms with Gasteiger partial charge in [-0.2, -0.15) is 4.98 Å². The van der Waals surface area contributed by atoms with Crippen LogP contribution < -0.4 is 5.32 Å². The Bertz CT molecular complexity index is 1100. The summed E-state index contributed by atoms with van der Waals surface area (Å²) >= 11 is 1.57. The van der Waals surface area contributed by atoms with Crippen molar-refractivity contribution < 1.29 is 4.79 Å². The lowest BCUT2D eigenvalue weighted by molar-refractivity contribution is 0.0954. The molecule has 0 aliphatic heterocycles. The van der Waals surface area contributed by atoms with Crippen molar-refractivity contribution in [2.24, 2.45) is 0 Å². The zero-order valence-corrected chi connectivity index (χ0v) is 16.1. The molecule has 0 bridgehead atoms. The fraction of sp³-hybridized carbons (Fsp3) is 0.190. The van der Waals surface area contributed by atoms with E-state index >= 15 is 0 Å². The maximum Gasteiger partial charge on any atom is 0.251 e. The van der Waals surface area contributed by atoms with Gasteiger partial charge in [-0.25, -0.2) is 4.52 Å². The van der Waals surface area contributed by atoms with Crippen LogP contribution >= 0.6 is 11.3 Å². The number of hydrogen-bond acceptors (Lipinski definition) is 4. The Morgan fingerprint density at radius 2 is 1.93 bits per heavy atom. The van der Waals surface area contributed by atoms with E-state index in [0.29, 0.717) is 18.5 Å². The van der Waals surface area contributed by atoms with Crippen LogP contribution in [0.25, 0.3) is 16.3 Å². The molecule has 6 heteroatoms. The minimum absolute atomic E-state index is 0.0551. The quantitative estimate of drug-likeness (QED) is 0.572. The predicted octanol–water partition coefficient (Wildman–Crippen LogP) is 4.05. The fourth-order valence-corrected chi connectivity index (χ4v) is 3.77. The van der Waals surface area contributed by atoms with Gasteiger partial charge in [-0.3, -0.25) is 4.79 Å². The molecule has 4 aromatic rings. The monoisotopic (exact) mass is 376 g/mol. The lowest BCUT2D eigenvalue weighted by Gasteiger charge is -2.05. The first-order chi connectivity index (χ1) is 13.1. The number of amides is 1. The number of thiazole rings is 1. The molecule has 0 atom stereocenters. The van der Waals surface area contributed by atoms with E-state index in [1.165, 1.54) is 5.56 Å². The van der Waals surface area contributed by atoms with Crippen molar-refractivity contribution in [3.63, 3.8) is 0 Å². The van der Waals surface area contributed by atoms with E-state index in [2.05, 4.69) is 34.5 Å². The smallest absolute Gasteiger partial charge is 0.251 e. The van der Waals surface area contributed by atoms with E-state index in [1.54, 1.807) is 11.3 Å². The standard InChI is InChI=1S/C21H20N4OS/c1-14-6-8-16(9-7-14)20(26)22-11-10-18-13-27-21-23-19(24-25(18)21)17-5-3-4-15(2)12-17/h3-9,12-13H,10-11H2,1-2H3,(H,22,26). The Morgan fingerprint density at radius 1 is 1.11 bits per heavy atom. The second-order valence-electron chi connectivity index (χ2n) is 6.60. The van der Waals surface area contributed by atoms with Crippen LogP contribution in [0.15, 0.2) is 53.9 Å². The van der Waals surface area contributed by atoms with Crippen molar-refractivity contribution in [1.82, 2.24) is 19.9 Å². The first kappa shape index (κ1) is 17.4. The number of hydrogen-bond donors (Lipinski definition) is 1. The van der Waals surface area contributed by atoms with Crippen LogP contribution in [-0.2, 0) is 6.42 Å². The van der Waals surface area contributed by atoms with Gasteiger partial charge in [0.25, 0.3) is 5.91 Å². The van der Waals surface area contributed by atoms with Crippen molar-refractivity contribution in [1.29, 1.82) is 0 Å². The number of nitrogens with one attached hydrogen (secondary N) is 1. The molecule has 1 N–H and O–H groups in total. The molecule has 0 fully saturated rings. The zero-order valence-electron chi connectivity index (χ0n) is 15.3. The van der Waals surface area contributed by atoms with Crippen LogP contribution in [0.5, 0.6) is 0 Å². The Morgan fingerprint density at radius 3 is 2.70 bits per heavy atom. The molecule has 27 heavy (non-hydrogen) atoms. The molecule has 5 nitrogen and oxygen atoms in total. The normalized spacial score (nSPS) is 11.0. The SMILES string of the molecule is Cc1ccc(C(=O)NCCc2csc3nc(-c4cccc(C)c4)nn23)cc1. The minimum atomic E-state index is -0.0551. The van der Waals surface area contributed by atoms with Crippen molar-refractivity contribution >= 4 is 22.2 Å². The molecule has 0 spiro atoms. The largest absolute Gasteiger partial charge is 0.352 e. The van der Waals surface area contributed by atoms with Crippen LogP contribution in [-0.4, -0.2) is 27.0 Å². The van der Waals surface area contributed by atoms with Gasteiger partial charge in [0, 0.05) is 29.5 Å². The molecule has 4 rings (SSSR count). The zero-order chi connectivity index (χ0) is 18.8. The topological polar surface area (TPSA) is 59.3 Å². The summed E-state index contributed by atoms with van der Waals surface area (Å²) in [6, 6.07) is 15.8. The van der Waals surface area contributed by atoms with E-state index in [1.807, 2.05) is 53.2 Å². The van der Waals surface area contributed by atoms with E-state index in [9.17, 15) is 4.79 Å². The number of carbonyl (C=O) groups is 1. The summed E-state index contributed by atoms with van der Waals surface area (Å²) in [6.45, 7) is 4.62. The highest BCUT2D eigenvalue weighted by Crippen LogP contribution is 2.21. The van der Waals surface area contributed by atoms with Crippen LogP contribution in [0, 0.1) is 13.8 Å². The highest BCUT2D eigenvalue weighted by molar-refractivity contribution is 7.15. The molecule has 0 unspecified atom stereocenters. The lowest BCUT2D eigenvalue weighted by Crippen LogP contribution is -2.25. The molecule has 0 saturated heterocycles. The predicted molar refractivity (Wildman–Crippen MR) is 108 cm³/mol. The molecule has 0 aliphatic rings. The lowest BCUT2D eigenvalue weighted by atomic mass is 10.1. The Labute approximate surface area is 161 Å². The van der Waals surface area contributed by atoms with Gasteiger partial charge in [0.1, 0.15) is 0 Å². The summed E-state index contributed by atoms with van der Waals surface area (Å²) in [6.07, 6.45) is 0.703. The second-order valence-corrected chi connectivity index (χ2v) is 7.43. The highest BCUT2D eigenvalue weighted by Gasteiger charge is 2.12. The maximum atomic E-state index is 12.2. The van der Waals surface area contributed by atoms with Gasteiger partial charge >= 0.3 is 0 Å². The third-order valence-corrected chi connectivity index (χ3v) is 5.27. The highest BCUT2D eigenvalue weighted by atomic mass is 32.1. The van der Waals surface area contributed by atoms with E-state index < -0.39 is 0 Å². The molecule has 0 saturated carbocycles. The van der Waals surface area contributed by atoms with E-state index in [4.69, 9.17) is 0 Å². The van der Waals surface area contributed by atoms with Crippen molar-refractivity contribution in [3.05, 3.63) is 76.3 Å². The van der Waals surface area contributed by atoms with Gasteiger partial charge in [-0.05, 0) is 32.0 Å². The number of nitrogens with zero attached hydrogens (tertiary/aromatic N) is 3. The summed E-state index contributed by atoms with van der Waals surface area (Å²) < 4.78 is 1.88. The summed E-state index contributed by atoms with van der Waals surface area (Å²) in [4.78, 5) is 17.7. The first-order valence-corrected chi connectivity index (χ1v) is 9.73. The summed E-state index contributed by atoms with van der Waals surface area (Å²) in [5.74, 6) is 0.677. The maximum absolute atomic E-state index is 12.2. The van der Waals surface area contributed by atoms with Gasteiger partial charge in [0.05, 0.1) is 5.69 Å². The molecule has 2 heterocycles. The number of rotatable bonds is 5. The average molecular weight is 376 g/mol. The Kier molecular flexibility index (Phi) is 4.73. The molecular weight excluding hydrogens is 356 g/mol. The number of carbonyl (C=O) groups excluding carboxylic acids is 1. The Balaban J connectivity index is 1.45. The molecule has 1 amide bonds. The van der Waals surface area contributed by atoms with Gasteiger partial charge in [0.15, 0.2) is 5.82 Å². The van der Waals surface area contributed by atoms with Crippen molar-refractivity contribution in [2.45, 2.75) is 20.3 Å².